The Labute approximate surface area is 152 Å². The van der Waals surface area contributed by atoms with E-state index in [2.05, 4.69) is 22.6 Å². The molecule has 0 saturated carbocycles. The molecule has 7 heteroatoms. The van der Waals surface area contributed by atoms with E-state index in [4.69, 9.17) is 9.26 Å². The fourth-order valence-corrected chi connectivity index (χ4v) is 3.96. The van der Waals surface area contributed by atoms with Crippen molar-refractivity contribution >= 4 is 18.3 Å². The zero-order valence-corrected chi connectivity index (χ0v) is 15.1. The Morgan fingerprint density at radius 1 is 1.32 bits per heavy atom. The second kappa shape index (κ2) is 7.06. The van der Waals surface area contributed by atoms with Crippen molar-refractivity contribution in [3.63, 3.8) is 0 Å². The number of ether oxygens (including phenoxy) is 1. The van der Waals surface area contributed by atoms with Crippen molar-refractivity contribution < 1.29 is 14.1 Å². The number of carbonyl (C=O) groups is 1. The van der Waals surface area contributed by atoms with Gasteiger partial charge in [-0.3, -0.25) is 4.79 Å². The van der Waals surface area contributed by atoms with Gasteiger partial charge in [0.15, 0.2) is 0 Å². The number of aryl methyl sites for hydroxylation is 1. The second-order valence-electron chi connectivity index (χ2n) is 6.59. The molecular formula is C18H22ClN3O3. The lowest BCUT2D eigenvalue weighted by atomic mass is 9.89. The predicted octanol–water partition coefficient (Wildman–Crippen LogP) is 2.45. The molecule has 134 valence electrons. The SMILES string of the molecule is COc1ccc([C@H]2[C@H]3CNC[C@H]3CN2C(=O)c2cc(C)no2)cc1.Cl. The number of hydrogen-bond acceptors (Lipinski definition) is 5. The molecule has 0 aliphatic carbocycles. The molecule has 1 aromatic heterocycles. The van der Waals surface area contributed by atoms with Gasteiger partial charge in [0.05, 0.1) is 18.8 Å². The minimum atomic E-state index is -0.0779. The van der Waals surface area contributed by atoms with Crippen LogP contribution in [0, 0.1) is 18.8 Å². The van der Waals surface area contributed by atoms with E-state index in [0.29, 0.717) is 17.6 Å². The molecule has 2 aromatic rings. The molecular weight excluding hydrogens is 342 g/mol. The van der Waals surface area contributed by atoms with Crippen molar-refractivity contribution in [3.05, 3.63) is 47.3 Å². The van der Waals surface area contributed by atoms with Crippen LogP contribution in [0.3, 0.4) is 0 Å². The first-order valence-corrected chi connectivity index (χ1v) is 8.26. The summed E-state index contributed by atoms with van der Waals surface area (Å²) in [5, 5.41) is 7.30. The molecule has 4 rings (SSSR count). The normalized spacial score (nSPS) is 24.7. The molecule has 0 spiro atoms. The van der Waals surface area contributed by atoms with Gasteiger partial charge >= 0.3 is 0 Å². The summed E-state index contributed by atoms with van der Waals surface area (Å²) in [6.45, 7) is 4.45. The molecule has 3 atom stereocenters. The number of aromatic nitrogens is 1. The maximum Gasteiger partial charge on any atom is 0.293 e. The van der Waals surface area contributed by atoms with Gasteiger partial charge in [-0.1, -0.05) is 17.3 Å². The van der Waals surface area contributed by atoms with E-state index in [0.717, 1.165) is 36.6 Å². The topological polar surface area (TPSA) is 67.6 Å². The van der Waals surface area contributed by atoms with E-state index in [9.17, 15) is 4.79 Å². The van der Waals surface area contributed by atoms with Crippen LogP contribution in [-0.4, -0.2) is 42.7 Å². The summed E-state index contributed by atoms with van der Waals surface area (Å²) in [7, 11) is 1.66. The number of fused-ring (bicyclic) bond motifs is 1. The number of halogens is 1. The standard InChI is InChI=1S/C18H21N3O3.ClH/c1-11-7-16(24-20-11)18(22)21-10-13-8-19-9-15(13)17(21)12-3-5-14(23-2)6-4-12;/h3-7,13,15,17,19H,8-10H2,1-2H3;1H/t13-,15-,17-;/m0./s1. The molecule has 2 aliphatic heterocycles. The van der Waals surface area contributed by atoms with Crippen LogP contribution in [0.2, 0.25) is 0 Å². The third-order valence-corrected chi connectivity index (χ3v) is 5.12. The molecule has 6 nitrogen and oxygen atoms in total. The second-order valence-corrected chi connectivity index (χ2v) is 6.59. The Morgan fingerprint density at radius 2 is 2.08 bits per heavy atom. The minimum absolute atomic E-state index is 0. The number of rotatable bonds is 3. The monoisotopic (exact) mass is 363 g/mol. The zero-order chi connectivity index (χ0) is 16.7. The van der Waals surface area contributed by atoms with Crippen molar-refractivity contribution in [2.24, 2.45) is 11.8 Å². The molecule has 25 heavy (non-hydrogen) atoms. The molecule has 1 aromatic carbocycles. The fourth-order valence-electron chi connectivity index (χ4n) is 3.96. The fraction of sp³-hybridized carbons (Fsp3) is 0.444. The molecule has 2 aliphatic rings. The van der Waals surface area contributed by atoms with Gasteiger partial charge < -0.3 is 19.5 Å². The highest BCUT2D eigenvalue weighted by molar-refractivity contribution is 5.92. The number of amides is 1. The number of nitrogens with one attached hydrogen (secondary N) is 1. The smallest absolute Gasteiger partial charge is 0.293 e. The Kier molecular flexibility index (Phi) is 5.01. The summed E-state index contributed by atoms with van der Waals surface area (Å²) >= 11 is 0. The first kappa shape index (κ1) is 17.8. The highest BCUT2D eigenvalue weighted by atomic mass is 35.5. The van der Waals surface area contributed by atoms with Gasteiger partial charge in [-0.05, 0) is 30.5 Å². The van der Waals surface area contributed by atoms with E-state index in [1.165, 1.54) is 0 Å². The molecule has 3 heterocycles. The summed E-state index contributed by atoms with van der Waals surface area (Å²) in [5.74, 6) is 1.96. The number of carbonyl (C=O) groups excluding carboxylic acids is 1. The van der Waals surface area contributed by atoms with Crippen LogP contribution in [0.4, 0.5) is 0 Å². The van der Waals surface area contributed by atoms with Gasteiger partial charge in [-0.15, -0.1) is 12.4 Å². The first-order chi connectivity index (χ1) is 11.7. The van der Waals surface area contributed by atoms with Crippen LogP contribution in [-0.2, 0) is 0 Å². The van der Waals surface area contributed by atoms with Gasteiger partial charge in [-0.2, -0.15) is 0 Å². The van der Waals surface area contributed by atoms with Crippen LogP contribution < -0.4 is 10.1 Å². The maximum absolute atomic E-state index is 12.9. The largest absolute Gasteiger partial charge is 0.497 e. The van der Waals surface area contributed by atoms with E-state index in [-0.39, 0.29) is 24.4 Å². The van der Waals surface area contributed by atoms with Gasteiger partial charge in [-0.25, -0.2) is 0 Å². The van der Waals surface area contributed by atoms with Crippen LogP contribution in [0.5, 0.6) is 5.75 Å². The van der Waals surface area contributed by atoms with Gasteiger partial charge in [0.2, 0.25) is 5.76 Å². The molecule has 0 radical (unpaired) electrons. The summed E-state index contributed by atoms with van der Waals surface area (Å²) < 4.78 is 10.5. The Balaban J connectivity index is 0.00000182. The maximum atomic E-state index is 12.9. The Morgan fingerprint density at radius 3 is 2.72 bits per heavy atom. The lowest BCUT2D eigenvalue weighted by Crippen LogP contribution is -2.34. The third kappa shape index (κ3) is 3.12. The van der Waals surface area contributed by atoms with Crippen molar-refractivity contribution in [1.29, 1.82) is 0 Å². The van der Waals surface area contributed by atoms with E-state index in [1.807, 2.05) is 24.0 Å². The lowest BCUT2D eigenvalue weighted by Gasteiger charge is -2.27. The molecule has 2 saturated heterocycles. The van der Waals surface area contributed by atoms with Crippen molar-refractivity contribution in [2.75, 3.05) is 26.7 Å². The third-order valence-electron chi connectivity index (χ3n) is 5.12. The number of nitrogens with zero attached hydrogens (tertiary/aromatic N) is 2. The number of hydrogen-bond donors (Lipinski definition) is 1. The highest BCUT2D eigenvalue weighted by Gasteiger charge is 2.47. The van der Waals surface area contributed by atoms with Gasteiger partial charge in [0, 0.05) is 31.6 Å². The first-order valence-electron chi connectivity index (χ1n) is 8.26. The van der Waals surface area contributed by atoms with Crippen LogP contribution in [0.1, 0.15) is 27.9 Å². The van der Waals surface area contributed by atoms with E-state index < -0.39 is 0 Å². The van der Waals surface area contributed by atoms with Crippen LogP contribution >= 0.6 is 12.4 Å². The minimum Gasteiger partial charge on any atom is -0.497 e. The van der Waals surface area contributed by atoms with Crippen molar-refractivity contribution in [1.82, 2.24) is 15.4 Å². The van der Waals surface area contributed by atoms with Crippen molar-refractivity contribution in [3.8, 4) is 5.75 Å². The predicted molar refractivity (Wildman–Crippen MR) is 95.1 cm³/mol. The quantitative estimate of drug-likeness (QED) is 0.907. The Hall–Kier alpha value is -2.05. The summed E-state index contributed by atoms with van der Waals surface area (Å²) in [6, 6.07) is 9.76. The van der Waals surface area contributed by atoms with Crippen molar-refractivity contribution in [2.45, 2.75) is 13.0 Å². The molecule has 0 bridgehead atoms. The van der Waals surface area contributed by atoms with Gasteiger partial charge in [0.25, 0.3) is 5.91 Å². The summed E-state index contributed by atoms with van der Waals surface area (Å²) in [4.78, 5) is 14.9. The zero-order valence-electron chi connectivity index (χ0n) is 14.3. The summed E-state index contributed by atoms with van der Waals surface area (Å²) in [6.07, 6.45) is 0. The average Bonchev–Trinajstić information content (AvgIpc) is 3.29. The lowest BCUT2D eigenvalue weighted by molar-refractivity contribution is 0.0671. The van der Waals surface area contributed by atoms with Crippen LogP contribution in [0.25, 0.3) is 0 Å². The molecule has 0 unspecified atom stereocenters. The number of likely N-dealkylation sites (tertiary alicyclic amines) is 1. The van der Waals surface area contributed by atoms with Crippen LogP contribution in [0.15, 0.2) is 34.9 Å². The highest BCUT2D eigenvalue weighted by Crippen LogP contribution is 2.43. The number of benzene rings is 1. The summed E-state index contributed by atoms with van der Waals surface area (Å²) in [5.41, 5.74) is 1.86. The average molecular weight is 364 g/mol. The van der Waals surface area contributed by atoms with E-state index >= 15 is 0 Å². The van der Waals surface area contributed by atoms with Gasteiger partial charge in [0.1, 0.15) is 5.75 Å². The molecule has 2 fully saturated rings. The molecule has 1 amide bonds. The number of methoxy groups -OCH3 is 1. The Bertz CT molecular complexity index is 746. The molecule has 1 N–H and O–H groups in total. The van der Waals surface area contributed by atoms with E-state index in [1.54, 1.807) is 13.2 Å².